The molecule has 0 aliphatic rings. The van der Waals surface area contributed by atoms with Crippen LogP contribution in [0.2, 0.25) is 0 Å². The van der Waals surface area contributed by atoms with E-state index in [1.165, 1.54) is 18.4 Å². The van der Waals surface area contributed by atoms with E-state index in [4.69, 9.17) is 10.6 Å². The average Bonchev–Trinajstić information content (AvgIpc) is 2.40. The molecule has 0 aliphatic heterocycles. The van der Waals surface area contributed by atoms with Gasteiger partial charge < -0.3 is 4.74 Å². The number of nitrogens with two attached hydrogens (primary N) is 1. The third-order valence-electron chi connectivity index (χ3n) is 3.50. The summed E-state index contributed by atoms with van der Waals surface area (Å²) in [6, 6.07) is 6.30. The van der Waals surface area contributed by atoms with Crippen LogP contribution in [0.15, 0.2) is 22.7 Å². The summed E-state index contributed by atoms with van der Waals surface area (Å²) >= 11 is 3.51. The number of nitrogens with one attached hydrogen (secondary N) is 1. The van der Waals surface area contributed by atoms with E-state index in [1.54, 1.807) is 7.11 Å². The normalized spacial score (nSPS) is 12.8. The Kier molecular flexibility index (Phi) is 6.68. The first kappa shape index (κ1) is 15.5. The molecule has 18 heavy (non-hydrogen) atoms. The highest BCUT2D eigenvalue weighted by Crippen LogP contribution is 2.31. The summed E-state index contributed by atoms with van der Waals surface area (Å²) in [6.45, 7) is 4.46. The number of rotatable bonds is 7. The van der Waals surface area contributed by atoms with E-state index in [1.807, 2.05) is 6.07 Å². The fourth-order valence-electron chi connectivity index (χ4n) is 2.16. The van der Waals surface area contributed by atoms with Gasteiger partial charge in [-0.15, -0.1) is 0 Å². The molecular weight excluding hydrogens is 292 g/mol. The molecule has 3 nitrogen and oxygen atoms in total. The van der Waals surface area contributed by atoms with Gasteiger partial charge in [-0.3, -0.25) is 11.3 Å². The van der Waals surface area contributed by atoms with Gasteiger partial charge in [0.25, 0.3) is 0 Å². The van der Waals surface area contributed by atoms with Gasteiger partial charge in [0.05, 0.1) is 11.6 Å². The van der Waals surface area contributed by atoms with Crippen LogP contribution in [0.4, 0.5) is 0 Å². The highest BCUT2D eigenvalue weighted by molar-refractivity contribution is 9.10. The topological polar surface area (TPSA) is 47.3 Å². The van der Waals surface area contributed by atoms with Crippen LogP contribution in [0.5, 0.6) is 5.75 Å². The number of halogens is 1. The maximum atomic E-state index is 5.69. The summed E-state index contributed by atoms with van der Waals surface area (Å²) in [4.78, 5) is 0. The minimum absolute atomic E-state index is 0.192. The van der Waals surface area contributed by atoms with Crippen molar-refractivity contribution in [1.82, 2.24) is 5.43 Å². The van der Waals surface area contributed by atoms with Crippen LogP contribution in [0, 0.1) is 5.92 Å². The molecule has 0 fully saturated rings. The van der Waals surface area contributed by atoms with Gasteiger partial charge in [-0.25, -0.2) is 0 Å². The zero-order valence-electron chi connectivity index (χ0n) is 11.4. The number of hydrazine groups is 1. The second-order valence-corrected chi connectivity index (χ2v) is 5.39. The fraction of sp³-hybridized carbons (Fsp3) is 0.571. The first-order valence-corrected chi connectivity index (χ1v) is 7.25. The highest BCUT2D eigenvalue weighted by Gasteiger charge is 2.16. The quantitative estimate of drug-likeness (QED) is 0.594. The van der Waals surface area contributed by atoms with E-state index in [-0.39, 0.29) is 6.04 Å². The Labute approximate surface area is 118 Å². The Morgan fingerprint density at radius 1 is 1.33 bits per heavy atom. The summed E-state index contributed by atoms with van der Waals surface area (Å²) in [5, 5.41) is 0. The van der Waals surface area contributed by atoms with Crippen LogP contribution < -0.4 is 16.0 Å². The molecule has 102 valence electrons. The molecular formula is C14H23BrN2O. The van der Waals surface area contributed by atoms with Crippen LogP contribution in [0.25, 0.3) is 0 Å². The van der Waals surface area contributed by atoms with E-state index in [0.717, 1.165) is 16.6 Å². The summed E-state index contributed by atoms with van der Waals surface area (Å²) < 4.78 is 6.20. The van der Waals surface area contributed by atoms with Crippen LogP contribution in [0.3, 0.4) is 0 Å². The van der Waals surface area contributed by atoms with E-state index in [9.17, 15) is 0 Å². The van der Waals surface area contributed by atoms with Crippen molar-refractivity contribution >= 4 is 15.9 Å². The van der Waals surface area contributed by atoms with Gasteiger partial charge in [0.2, 0.25) is 0 Å². The molecule has 4 heteroatoms. The Bertz CT molecular complexity index is 367. The molecule has 1 aromatic rings. The van der Waals surface area contributed by atoms with Crippen LogP contribution in [0.1, 0.15) is 44.7 Å². The SMILES string of the molecule is CCC(CC)CC(NN)c1ccc(OC)c(Br)c1. The number of hydrogen-bond donors (Lipinski definition) is 2. The molecule has 3 N–H and O–H groups in total. The Balaban J connectivity index is 2.84. The molecule has 1 aromatic carbocycles. The van der Waals surface area contributed by atoms with Crippen molar-refractivity contribution in [3.05, 3.63) is 28.2 Å². The first-order valence-electron chi connectivity index (χ1n) is 6.45. The van der Waals surface area contributed by atoms with Gasteiger partial charge in [0.15, 0.2) is 0 Å². The third kappa shape index (κ3) is 3.97. The molecule has 0 aromatic heterocycles. The minimum Gasteiger partial charge on any atom is -0.496 e. The summed E-state index contributed by atoms with van der Waals surface area (Å²) in [7, 11) is 1.67. The summed E-state index contributed by atoms with van der Waals surface area (Å²) in [5.41, 5.74) is 4.11. The van der Waals surface area contributed by atoms with Gasteiger partial charge in [0, 0.05) is 6.04 Å². The summed E-state index contributed by atoms with van der Waals surface area (Å²) in [6.07, 6.45) is 3.43. The molecule has 0 heterocycles. The van der Waals surface area contributed by atoms with Gasteiger partial charge in [-0.05, 0) is 46.0 Å². The van der Waals surface area contributed by atoms with Crippen molar-refractivity contribution in [2.75, 3.05) is 7.11 Å². The van der Waals surface area contributed by atoms with E-state index in [0.29, 0.717) is 5.92 Å². The number of methoxy groups -OCH3 is 1. The lowest BCUT2D eigenvalue weighted by Crippen LogP contribution is -2.29. The Morgan fingerprint density at radius 2 is 2.00 bits per heavy atom. The molecule has 1 rings (SSSR count). The van der Waals surface area contributed by atoms with E-state index in [2.05, 4.69) is 47.3 Å². The van der Waals surface area contributed by atoms with Gasteiger partial charge in [0.1, 0.15) is 5.75 Å². The predicted molar refractivity (Wildman–Crippen MR) is 79.4 cm³/mol. The van der Waals surface area contributed by atoms with Crippen molar-refractivity contribution < 1.29 is 4.74 Å². The molecule has 0 bridgehead atoms. The van der Waals surface area contributed by atoms with Gasteiger partial charge in [-0.1, -0.05) is 32.8 Å². The van der Waals surface area contributed by atoms with Crippen LogP contribution in [-0.2, 0) is 0 Å². The maximum absolute atomic E-state index is 5.69. The Hall–Kier alpha value is -0.580. The van der Waals surface area contributed by atoms with Crippen molar-refractivity contribution in [3.63, 3.8) is 0 Å². The second-order valence-electron chi connectivity index (χ2n) is 4.53. The van der Waals surface area contributed by atoms with Crippen molar-refractivity contribution in [3.8, 4) is 5.75 Å². The highest BCUT2D eigenvalue weighted by atomic mass is 79.9. The van der Waals surface area contributed by atoms with Crippen molar-refractivity contribution in [2.45, 2.75) is 39.2 Å². The molecule has 0 aliphatic carbocycles. The van der Waals surface area contributed by atoms with Gasteiger partial charge >= 0.3 is 0 Å². The third-order valence-corrected chi connectivity index (χ3v) is 4.12. The van der Waals surface area contributed by atoms with E-state index < -0.39 is 0 Å². The molecule has 1 atom stereocenters. The largest absolute Gasteiger partial charge is 0.496 e. The lowest BCUT2D eigenvalue weighted by molar-refractivity contribution is 0.374. The molecule has 1 unspecified atom stereocenters. The zero-order chi connectivity index (χ0) is 13.5. The minimum atomic E-state index is 0.192. The molecule has 0 spiro atoms. The van der Waals surface area contributed by atoms with Crippen LogP contribution >= 0.6 is 15.9 Å². The monoisotopic (exact) mass is 314 g/mol. The first-order chi connectivity index (χ1) is 8.65. The molecule has 0 radical (unpaired) electrons. The molecule has 0 saturated carbocycles. The average molecular weight is 315 g/mol. The number of hydrogen-bond acceptors (Lipinski definition) is 3. The number of ether oxygens (including phenoxy) is 1. The standard InChI is InChI=1S/C14H23BrN2O/c1-4-10(5-2)8-13(17-16)11-6-7-14(18-3)12(15)9-11/h6-7,9-10,13,17H,4-5,8,16H2,1-3H3. The van der Waals surface area contributed by atoms with E-state index >= 15 is 0 Å². The smallest absolute Gasteiger partial charge is 0.133 e. The lowest BCUT2D eigenvalue weighted by Gasteiger charge is -2.22. The van der Waals surface area contributed by atoms with Crippen molar-refractivity contribution in [1.29, 1.82) is 0 Å². The van der Waals surface area contributed by atoms with Crippen LogP contribution in [-0.4, -0.2) is 7.11 Å². The Morgan fingerprint density at radius 3 is 2.44 bits per heavy atom. The maximum Gasteiger partial charge on any atom is 0.133 e. The molecule has 0 amide bonds. The van der Waals surface area contributed by atoms with Gasteiger partial charge in [-0.2, -0.15) is 0 Å². The fourth-order valence-corrected chi connectivity index (χ4v) is 2.71. The summed E-state index contributed by atoms with van der Waals surface area (Å²) in [5.74, 6) is 7.23. The van der Waals surface area contributed by atoms with Crippen molar-refractivity contribution in [2.24, 2.45) is 11.8 Å². The lowest BCUT2D eigenvalue weighted by atomic mass is 9.91. The zero-order valence-corrected chi connectivity index (χ0v) is 13.0. The molecule has 0 saturated heterocycles. The second kappa shape index (κ2) is 7.77. The number of benzene rings is 1. The predicted octanol–water partition coefficient (Wildman–Crippen LogP) is 3.79.